The average molecular weight is 245 g/mol. The van der Waals surface area contributed by atoms with Gasteiger partial charge in [-0.1, -0.05) is 41.1 Å². The lowest BCUT2D eigenvalue weighted by Crippen LogP contribution is -2.09. The fraction of sp³-hybridized carbons (Fsp3) is 0.0769. The molecule has 1 N–H and O–H groups in total. The molecule has 1 aromatic carbocycles. The van der Waals surface area contributed by atoms with Crippen molar-refractivity contribution < 1.29 is 0 Å². The smallest absolute Gasteiger partial charge is 0.266 e. The number of aromatic amines is 1. The van der Waals surface area contributed by atoms with E-state index in [0.29, 0.717) is 5.56 Å². The number of rotatable bonds is 0. The summed E-state index contributed by atoms with van der Waals surface area (Å²) in [5.41, 5.74) is 2.04. The Morgan fingerprint density at radius 3 is 2.65 bits per heavy atom. The Kier molecular flexibility index (Phi) is 3.27. The van der Waals surface area contributed by atoms with Crippen LogP contribution in [0, 0.1) is 18.8 Å². The number of nitrogens with one attached hydrogen (secondary N) is 1. The Morgan fingerprint density at radius 1 is 1.24 bits per heavy atom. The van der Waals surface area contributed by atoms with Crippen molar-refractivity contribution in [3.05, 3.63) is 62.5 Å². The molecule has 2 aromatic rings. The molecule has 0 aliphatic heterocycles. The molecule has 4 heteroatoms. The SMILES string of the molecule is Cc1ccc(C#Cc2cn[nH]c(=O)c2Cl)cc1. The molecule has 0 aliphatic rings. The van der Waals surface area contributed by atoms with Crippen molar-refractivity contribution in [3.63, 3.8) is 0 Å². The molecule has 0 saturated carbocycles. The van der Waals surface area contributed by atoms with Crippen molar-refractivity contribution in [2.24, 2.45) is 0 Å². The lowest BCUT2D eigenvalue weighted by Gasteiger charge is -1.93. The maximum atomic E-state index is 11.2. The first-order valence-corrected chi connectivity index (χ1v) is 5.36. The van der Waals surface area contributed by atoms with Crippen molar-refractivity contribution in [1.82, 2.24) is 10.2 Å². The highest BCUT2D eigenvalue weighted by Crippen LogP contribution is 2.07. The molecular formula is C13H9ClN2O. The summed E-state index contributed by atoms with van der Waals surface area (Å²) in [5.74, 6) is 5.75. The lowest BCUT2D eigenvalue weighted by molar-refractivity contribution is 0.984. The zero-order valence-electron chi connectivity index (χ0n) is 9.12. The van der Waals surface area contributed by atoms with Crippen molar-refractivity contribution in [2.45, 2.75) is 6.92 Å². The highest BCUT2D eigenvalue weighted by molar-refractivity contribution is 6.31. The molecule has 1 heterocycles. The third kappa shape index (κ3) is 2.74. The van der Waals surface area contributed by atoms with Crippen molar-refractivity contribution in [2.75, 3.05) is 0 Å². The van der Waals surface area contributed by atoms with E-state index in [9.17, 15) is 4.79 Å². The summed E-state index contributed by atoms with van der Waals surface area (Å²) < 4.78 is 0. The van der Waals surface area contributed by atoms with Gasteiger partial charge < -0.3 is 0 Å². The van der Waals surface area contributed by atoms with Crippen molar-refractivity contribution >= 4 is 11.6 Å². The molecule has 84 valence electrons. The number of hydrogen-bond donors (Lipinski definition) is 1. The quantitative estimate of drug-likeness (QED) is 0.722. The summed E-state index contributed by atoms with van der Waals surface area (Å²) in [5, 5.41) is 5.96. The molecule has 0 spiro atoms. The van der Waals surface area contributed by atoms with E-state index in [1.54, 1.807) is 0 Å². The Bertz CT molecular complexity index is 648. The summed E-state index contributed by atoms with van der Waals surface area (Å²) in [6.07, 6.45) is 1.44. The van der Waals surface area contributed by atoms with Crippen LogP contribution in [0.4, 0.5) is 0 Å². The first-order valence-electron chi connectivity index (χ1n) is 4.98. The predicted molar refractivity (Wildman–Crippen MR) is 67.0 cm³/mol. The fourth-order valence-electron chi connectivity index (χ4n) is 1.25. The van der Waals surface area contributed by atoms with E-state index in [-0.39, 0.29) is 5.02 Å². The largest absolute Gasteiger partial charge is 0.284 e. The van der Waals surface area contributed by atoms with Crippen LogP contribution in [-0.2, 0) is 0 Å². The van der Waals surface area contributed by atoms with Gasteiger partial charge in [0.1, 0.15) is 5.02 Å². The van der Waals surface area contributed by atoms with Crippen LogP contribution in [0.2, 0.25) is 5.02 Å². The molecule has 3 nitrogen and oxygen atoms in total. The number of nitrogens with zero attached hydrogens (tertiary/aromatic N) is 1. The van der Waals surface area contributed by atoms with Crippen molar-refractivity contribution in [3.8, 4) is 11.8 Å². The fourth-order valence-corrected chi connectivity index (χ4v) is 1.39. The molecule has 0 unspecified atom stereocenters. The van der Waals surface area contributed by atoms with Gasteiger partial charge in [-0.15, -0.1) is 0 Å². The zero-order valence-corrected chi connectivity index (χ0v) is 9.88. The molecule has 2 rings (SSSR count). The summed E-state index contributed by atoms with van der Waals surface area (Å²) in [7, 11) is 0. The van der Waals surface area contributed by atoms with E-state index < -0.39 is 5.56 Å². The molecule has 0 atom stereocenters. The maximum absolute atomic E-state index is 11.2. The Hall–Kier alpha value is -2.05. The van der Waals surface area contributed by atoms with Gasteiger partial charge in [0, 0.05) is 5.56 Å². The second-order valence-electron chi connectivity index (χ2n) is 3.54. The number of benzene rings is 1. The number of hydrogen-bond acceptors (Lipinski definition) is 2. The van der Waals surface area contributed by atoms with E-state index in [1.165, 1.54) is 11.8 Å². The van der Waals surface area contributed by atoms with Gasteiger partial charge in [0.25, 0.3) is 5.56 Å². The normalized spacial score (nSPS) is 9.53. The second-order valence-corrected chi connectivity index (χ2v) is 3.92. The van der Waals surface area contributed by atoms with Crippen LogP contribution >= 0.6 is 11.6 Å². The minimum atomic E-state index is -0.428. The predicted octanol–water partition coefficient (Wildman–Crippen LogP) is 2.13. The molecular weight excluding hydrogens is 236 g/mol. The monoisotopic (exact) mass is 244 g/mol. The van der Waals surface area contributed by atoms with Gasteiger partial charge in [-0.25, -0.2) is 5.10 Å². The van der Waals surface area contributed by atoms with E-state index in [0.717, 1.165) is 5.56 Å². The maximum Gasteiger partial charge on any atom is 0.284 e. The third-order valence-corrected chi connectivity index (χ3v) is 2.56. The highest BCUT2D eigenvalue weighted by Gasteiger charge is 2.00. The average Bonchev–Trinajstić information content (AvgIpc) is 2.33. The molecule has 0 bridgehead atoms. The zero-order chi connectivity index (χ0) is 12.3. The van der Waals surface area contributed by atoms with Gasteiger partial charge in [-0.2, -0.15) is 5.10 Å². The first-order chi connectivity index (χ1) is 8.16. The summed E-state index contributed by atoms with van der Waals surface area (Å²) in [4.78, 5) is 11.2. The van der Waals surface area contributed by atoms with Gasteiger partial charge in [0.05, 0.1) is 11.8 Å². The Labute approximate surface area is 103 Å². The Morgan fingerprint density at radius 2 is 1.94 bits per heavy atom. The molecule has 0 saturated heterocycles. The van der Waals surface area contributed by atoms with Gasteiger partial charge in [-0.3, -0.25) is 4.79 Å². The van der Waals surface area contributed by atoms with Gasteiger partial charge >= 0.3 is 0 Å². The van der Waals surface area contributed by atoms with Gasteiger partial charge in [0.2, 0.25) is 0 Å². The number of aryl methyl sites for hydroxylation is 1. The minimum absolute atomic E-state index is 0.0691. The topological polar surface area (TPSA) is 45.8 Å². The highest BCUT2D eigenvalue weighted by atomic mass is 35.5. The molecule has 0 fully saturated rings. The van der Waals surface area contributed by atoms with E-state index in [2.05, 4.69) is 22.0 Å². The van der Waals surface area contributed by atoms with E-state index in [1.807, 2.05) is 31.2 Å². The van der Waals surface area contributed by atoms with Gasteiger partial charge in [-0.05, 0) is 19.1 Å². The minimum Gasteiger partial charge on any atom is -0.266 e. The van der Waals surface area contributed by atoms with Crippen LogP contribution in [-0.4, -0.2) is 10.2 Å². The molecule has 0 radical (unpaired) electrons. The number of halogens is 1. The van der Waals surface area contributed by atoms with E-state index >= 15 is 0 Å². The summed E-state index contributed by atoms with van der Waals surface area (Å²) in [6.45, 7) is 2.01. The van der Waals surface area contributed by atoms with Crippen LogP contribution < -0.4 is 5.56 Å². The Balaban J connectivity index is 2.36. The number of H-pyrrole nitrogens is 1. The summed E-state index contributed by atoms with van der Waals surface area (Å²) in [6, 6.07) is 7.77. The third-order valence-electron chi connectivity index (χ3n) is 2.19. The summed E-state index contributed by atoms with van der Waals surface area (Å²) >= 11 is 5.80. The standard InChI is InChI=1S/C13H9ClN2O/c1-9-2-4-10(5-3-9)6-7-11-8-15-16-13(17)12(11)14/h2-5,8H,1H3,(H,16,17). The molecule has 0 aliphatic carbocycles. The lowest BCUT2D eigenvalue weighted by atomic mass is 10.1. The van der Waals surface area contributed by atoms with Crippen LogP contribution in [0.1, 0.15) is 16.7 Å². The molecule has 1 aromatic heterocycles. The van der Waals surface area contributed by atoms with Crippen molar-refractivity contribution in [1.29, 1.82) is 0 Å². The van der Waals surface area contributed by atoms with Crippen LogP contribution in [0.5, 0.6) is 0 Å². The number of aromatic nitrogens is 2. The first kappa shape index (κ1) is 11.4. The molecule has 17 heavy (non-hydrogen) atoms. The van der Waals surface area contributed by atoms with Gasteiger partial charge in [0.15, 0.2) is 0 Å². The molecule has 0 amide bonds. The van der Waals surface area contributed by atoms with Crippen LogP contribution in [0.15, 0.2) is 35.3 Å². The second kappa shape index (κ2) is 4.86. The van der Waals surface area contributed by atoms with Crippen LogP contribution in [0.25, 0.3) is 0 Å². The van der Waals surface area contributed by atoms with Crippen LogP contribution in [0.3, 0.4) is 0 Å². The van der Waals surface area contributed by atoms with E-state index in [4.69, 9.17) is 11.6 Å².